The van der Waals surface area contributed by atoms with E-state index in [4.69, 9.17) is 4.74 Å². The van der Waals surface area contributed by atoms with Crippen LogP contribution in [0.15, 0.2) is 30.3 Å². The molecule has 0 fully saturated rings. The predicted molar refractivity (Wildman–Crippen MR) is 113 cm³/mol. The summed E-state index contributed by atoms with van der Waals surface area (Å²) in [6.45, 7) is 11.9. The van der Waals surface area contributed by atoms with Crippen LogP contribution >= 0.6 is 0 Å². The van der Waals surface area contributed by atoms with Gasteiger partial charge >= 0.3 is 167 Å². The topological polar surface area (TPSA) is 31.2 Å². The molecule has 0 N–H and O–H groups in total. The second-order valence-corrected chi connectivity index (χ2v) is 24.5. The molecule has 0 aliphatic rings. The summed E-state index contributed by atoms with van der Waals surface area (Å²) in [5.41, 5.74) is 1.80. The molecular weight excluding hydrogens is 448 g/mol. The molecule has 0 saturated carbocycles. The summed E-state index contributed by atoms with van der Waals surface area (Å²) < 4.78 is 22.2. The predicted octanol–water partition coefficient (Wildman–Crippen LogP) is 5.92. The molecule has 0 aliphatic heterocycles. The third kappa shape index (κ3) is 5.15. The molecule has 0 radical (unpaired) electrons. The van der Waals surface area contributed by atoms with Gasteiger partial charge < -0.3 is 0 Å². The number of rotatable bonds is 2. The zero-order valence-corrected chi connectivity index (χ0v) is 20.9. The molecule has 1 aromatic carbocycles. The van der Waals surface area contributed by atoms with Gasteiger partial charge in [0.1, 0.15) is 0 Å². The number of hydrogen-bond donors (Lipinski definition) is 0. The van der Waals surface area contributed by atoms with Crippen molar-refractivity contribution in [3.05, 3.63) is 41.8 Å². The van der Waals surface area contributed by atoms with E-state index in [9.17, 15) is 9.18 Å². The van der Waals surface area contributed by atoms with Gasteiger partial charge in [-0.15, -0.1) is 0 Å². The van der Waals surface area contributed by atoms with Crippen molar-refractivity contribution in [1.82, 2.24) is 4.57 Å². The summed E-state index contributed by atoms with van der Waals surface area (Å²) in [7, 11) is 0. The number of halogens is 1. The van der Waals surface area contributed by atoms with Gasteiger partial charge in [0, 0.05) is 0 Å². The van der Waals surface area contributed by atoms with E-state index in [1.165, 1.54) is 15.7 Å². The van der Waals surface area contributed by atoms with Crippen molar-refractivity contribution in [2.75, 3.05) is 0 Å². The van der Waals surface area contributed by atoms with Crippen LogP contribution in [-0.4, -0.2) is 34.6 Å². The van der Waals surface area contributed by atoms with Crippen LogP contribution < -0.4 is 3.58 Å². The molecule has 1 aromatic heterocycles. The Kier molecular flexibility index (Phi) is 5.92. The van der Waals surface area contributed by atoms with Gasteiger partial charge in [-0.05, 0) is 0 Å². The Balaban J connectivity index is 2.86. The fourth-order valence-corrected chi connectivity index (χ4v) is 7.41. The average Bonchev–Trinajstić information content (AvgIpc) is 2.86. The Morgan fingerprint density at radius 2 is 1.52 bits per heavy atom. The van der Waals surface area contributed by atoms with Crippen molar-refractivity contribution in [3.8, 4) is 11.3 Å². The van der Waals surface area contributed by atoms with Crippen LogP contribution in [-0.2, 0) is 10.2 Å². The van der Waals surface area contributed by atoms with Crippen molar-refractivity contribution in [2.24, 2.45) is 0 Å². The molecule has 2 rings (SSSR count). The Bertz CT molecular complexity index is 831. The molecule has 27 heavy (non-hydrogen) atoms. The molecule has 0 atom stereocenters. The van der Waals surface area contributed by atoms with Gasteiger partial charge in [-0.1, -0.05) is 0 Å². The first kappa shape index (κ1) is 22.0. The SMILES string of the molecule is CC(C)(C)OC(=O)n1c(C(C)(C)C)c[c]([Sn]([CH3])([CH3])[CH3])c1-c1ccc(F)cc1. The Morgan fingerprint density at radius 1 is 1.00 bits per heavy atom. The number of ether oxygens (including phenoxy) is 1. The molecule has 0 saturated heterocycles. The Labute approximate surface area is 166 Å². The normalized spacial score (nSPS) is 13.0. The first-order valence-corrected chi connectivity index (χ1v) is 19.4. The number of carbonyl (C=O) groups excluding carboxylic acids is 1. The number of benzene rings is 1. The monoisotopic (exact) mass is 481 g/mol. The summed E-state index contributed by atoms with van der Waals surface area (Å²) in [5, 5.41) is 0. The molecule has 148 valence electrons. The maximum absolute atomic E-state index is 13.5. The van der Waals surface area contributed by atoms with E-state index in [1.54, 1.807) is 16.7 Å². The Morgan fingerprint density at radius 3 is 1.93 bits per heavy atom. The summed E-state index contributed by atoms with van der Waals surface area (Å²) in [4.78, 5) is 20.2. The van der Waals surface area contributed by atoms with Gasteiger partial charge in [0.25, 0.3) is 0 Å². The fraction of sp³-hybridized carbons (Fsp3) is 0.500. The molecule has 0 spiro atoms. The molecule has 2 aromatic rings. The van der Waals surface area contributed by atoms with Gasteiger partial charge in [-0.3, -0.25) is 0 Å². The third-order valence-corrected chi connectivity index (χ3v) is 9.97. The van der Waals surface area contributed by atoms with Gasteiger partial charge in [0.15, 0.2) is 0 Å². The van der Waals surface area contributed by atoms with Crippen LogP contribution in [0.2, 0.25) is 14.8 Å². The molecule has 0 aliphatic carbocycles. The van der Waals surface area contributed by atoms with E-state index in [0.717, 1.165) is 17.0 Å². The van der Waals surface area contributed by atoms with Crippen LogP contribution in [0.1, 0.15) is 47.2 Å². The third-order valence-electron chi connectivity index (χ3n) is 4.27. The first-order chi connectivity index (χ1) is 12.1. The minimum atomic E-state index is -2.61. The van der Waals surface area contributed by atoms with E-state index in [1.807, 2.05) is 20.8 Å². The van der Waals surface area contributed by atoms with Gasteiger partial charge in [-0.25, -0.2) is 0 Å². The number of nitrogens with zero attached hydrogens (tertiary/aromatic N) is 1. The van der Waals surface area contributed by atoms with E-state index < -0.39 is 24.0 Å². The molecular formula is C22H32FNO2Sn. The molecule has 1 heterocycles. The number of carbonyl (C=O) groups is 1. The minimum absolute atomic E-state index is 0.235. The Hall–Kier alpha value is -1.30. The summed E-state index contributed by atoms with van der Waals surface area (Å²) >= 11 is -2.61. The fourth-order valence-electron chi connectivity index (χ4n) is 3.02. The zero-order valence-electron chi connectivity index (χ0n) is 18.0. The maximum atomic E-state index is 13.5. The van der Waals surface area contributed by atoms with Crippen LogP contribution in [0.4, 0.5) is 9.18 Å². The van der Waals surface area contributed by atoms with Crippen LogP contribution in [0.25, 0.3) is 11.3 Å². The van der Waals surface area contributed by atoms with Crippen molar-refractivity contribution in [1.29, 1.82) is 0 Å². The van der Waals surface area contributed by atoms with Gasteiger partial charge in [-0.2, -0.15) is 0 Å². The molecule has 0 unspecified atom stereocenters. The van der Waals surface area contributed by atoms with Crippen LogP contribution in [0.3, 0.4) is 0 Å². The van der Waals surface area contributed by atoms with Crippen molar-refractivity contribution in [3.63, 3.8) is 0 Å². The van der Waals surface area contributed by atoms with Crippen LogP contribution in [0, 0.1) is 5.82 Å². The van der Waals surface area contributed by atoms with Crippen molar-refractivity contribution >= 4 is 28.0 Å². The first-order valence-electron chi connectivity index (χ1n) is 9.37. The number of hydrogen-bond acceptors (Lipinski definition) is 2. The van der Waals surface area contributed by atoms with Crippen molar-refractivity contribution in [2.45, 2.75) is 67.4 Å². The second kappa shape index (κ2) is 7.26. The summed E-state index contributed by atoms with van der Waals surface area (Å²) in [6.07, 6.45) is -0.381. The van der Waals surface area contributed by atoms with E-state index in [0.29, 0.717) is 0 Å². The molecule has 3 nitrogen and oxygen atoms in total. The molecule has 0 amide bonds. The summed E-state index contributed by atoms with van der Waals surface area (Å²) in [6, 6.07) is 8.57. The van der Waals surface area contributed by atoms with Gasteiger partial charge in [0.05, 0.1) is 0 Å². The average molecular weight is 480 g/mol. The van der Waals surface area contributed by atoms with Crippen molar-refractivity contribution < 1.29 is 13.9 Å². The van der Waals surface area contributed by atoms with Crippen LogP contribution in [0.5, 0.6) is 0 Å². The molecule has 0 bridgehead atoms. The second-order valence-electron chi connectivity index (χ2n) is 10.1. The molecule has 5 heteroatoms. The van der Waals surface area contributed by atoms with Gasteiger partial charge in [0.2, 0.25) is 0 Å². The van der Waals surface area contributed by atoms with E-state index in [-0.39, 0.29) is 17.3 Å². The zero-order chi connectivity index (χ0) is 20.8. The quantitative estimate of drug-likeness (QED) is 0.500. The van der Waals surface area contributed by atoms with E-state index >= 15 is 0 Å². The van der Waals surface area contributed by atoms with E-state index in [2.05, 4.69) is 41.7 Å². The number of aromatic nitrogens is 1. The summed E-state index contributed by atoms with van der Waals surface area (Å²) in [5.74, 6) is -0.286. The standard InChI is InChI=1S/C19H23FNO2.3CH3.Sn/c1-18(2,3)16-12-11-15(13-7-9-14(20)10-8-13)21(16)17(22)23-19(4,5)6;;;;/h7-10,12H,1-6H3;3*1H3;.